The first-order valence-corrected chi connectivity index (χ1v) is 6.92. The number of rotatable bonds is 7. The van der Waals surface area contributed by atoms with Gasteiger partial charge in [0.2, 0.25) is 0 Å². The smallest absolute Gasteiger partial charge is 0.293 e. The summed E-state index contributed by atoms with van der Waals surface area (Å²) in [5.41, 5.74) is 0.414. The minimum atomic E-state index is -0.457. The van der Waals surface area contributed by atoms with Crippen LogP contribution in [0.3, 0.4) is 0 Å². The summed E-state index contributed by atoms with van der Waals surface area (Å²) in [6.07, 6.45) is 2.32. The topological polar surface area (TPSA) is 73.6 Å². The fourth-order valence-electron chi connectivity index (χ4n) is 2.05. The molecule has 1 N–H and O–H groups in total. The second kappa shape index (κ2) is 7.42. The number of anilines is 1. The maximum Gasteiger partial charge on any atom is 0.293 e. The molecule has 1 aliphatic heterocycles. The van der Waals surface area contributed by atoms with E-state index in [1.165, 1.54) is 6.07 Å². The van der Waals surface area contributed by atoms with Crippen LogP contribution in [0.25, 0.3) is 0 Å². The van der Waals surface area contributed by atoms with Gasteiger partial charge in [0.25, 0.3) is 5.69 Å². The SMILES string of the molecule is O=[N+]([O-])c1cc(Cl)ccc1NCCOCC1CCCO1. The van der Waals surface area contributed by atoms with Crippen molar-refractivity contribution in [2.45, 2.75) is 18.9 Å². The molecule has 1 heterocycles. The van der Waals surface area contributed by atoms with Crippen LogP contribution in [0.15, 0.2) is 18.2 Å². The van der Waals surface area contributed by atoms with Crippen molar-refractivity contribution in [3.63, 3.8) is 0 Å². The molecule has 0 aromatic heterocycles. The van der Waals surface area contributed by atoms with Gasteiger partial charge in [0.05, 0.1) is 24.2 Å². The molecule has 0 spiro atoms. The monoisotopic (exact) mass is 300 g/mol. The normalized spacial score (nSPS) is 18.1. The van der Waals surface area contributed by atoms with Crippen molar-refractivity contribution in [3.8, 4) is 0 Å². The molecule has 0 amide bonds. The van der Waals surface area contributed by atoms with Gasteiger partial charge in [-0.1, -0.05) is 11.6 Å². The third-order valence-electron chi connectivity index (χ3n) is 3.05. The Kier molecular flexibility index (Phi) is 5.58. The summed E-state index contributed by atoms with van der Waals surface area (Å²) in [4.78, 5) is 10.4. The number of hydrogen-bond donors (Lipinski definition) is 1. The lowest BCUT2D eigenvalue weighted by molar-refractivity contribution is -0.383. The lowest BCUT2D eigenvalue weighted by Gasteiger charge is -2.11. The van der Waals surface area contributed by atoms with E-state index < -0.39 is 4.92 Å². The van der Waals surface area contributed by atoms with E-state index in [2.05, 4.69) is 5.32 Å². The molecular weight excluding hydrogens is 284 g/mol. The molecule has 0 bridgehead atoms. The highest BCUT2D eigenvalue weighted by molar-refractivity contribution is 6.30. The number of nitrogens with one attached hydrogen (secondary N) is 1. The molecular formula is C13H17ClN2O4. The van der Waals surface area contributed by atoms with Crippen LogP contribution in [0.1, 0.15) is 12.8 Å². The third-order valence-corrected chi connectivity index (χ3v) is 3.28. The van der Waals surface area contributed by atoms with Crippen LogP contribution in [0, 0.1) is 10.1 Å². The van der Waals surface area contributed by atoms with Gasteiger partial charge in [0, 0.05) is 24.2 Å². The molecule has 1 atom stereocenters. The Hall–Kier alpha value is -1.37. The zero-order valence-corrected chi connectivity index (χ0v) is 11.8. The molecule has 0 saturated carbocycles. The Morgan fingerprint density at radius 2 is 2.40 bits per heavy atom. The van der Waals surface area contributed by atoms with Gasteiger partial charge < -0.3 is 14.8 Å². The van der Waals surface area contributed by atoms with Crippen molar-refractivity contribution < 1.29 is 14.4 Å². The summed E-state index contributed by atoms with van der Waals surface area (Å²) in [6.45, 7) is 2.35. The van der Waals surface area contributed by atoms with Gasteiger partial charge in [-0.15, -0.1) is 0 Å². The van der Waals surface area contributed by atoms with E-state index >= 15 is 0 Å². The molecule has 7 heteroatoms. The van der Waals surface area contributed by atoms with E-state index in [1.807, 2.05) is 0 Å². The Morgan fingerprint density at radius 3 is 3.10 bits per heavy atom. The van der Waals surface area contributed by atoms with Crippen LogP contribution >= 0.6 is 11.6 Å². The molecule has 1 aromatic rings. The average Bonchev–Trinajstić information content (AvgIpc) is 2.92. The first-order valence-electron chi connectivity index (χ1n) is 6.54. The molecule has 1 fully saturated rings. The molecule has 0 radical (unpaired) electrons. The van der Waals surface area contributed by atoms with E-state index in [4.69, 9.17) is 21.1 Å². The maximum atomic E-state index is 10.9. The quantitative estimate of drug-likeness (QED) is 0.476. The largest absolute Gasteiger partial charge is 0.377 e. The van der Waals surface area contributed by atoms with E-state index in [1.54, 1.807) is 12.1 Å². The first kappa shape index (κ1) is 15.0. The highest BCUT2D eigenvalue weighted by atomic mass is 35.5. The standard InChI is InChI=1S/C13H17ClN2O4/c14-10-3-4-12(13(8-10)16(17)18)15-5-7-19-9-11-2-1-6-20-11/h3-4,8,11,15H,1-2,5-7,9H2. The van der Waals surface area contributed by atoms with E-state index in [-0.39, 0.29) is 11.8 Å². The van der Waals surface area contributed by atoms with Crippen molar-refractivity contribution in [1.29, 1.82) is 0 Å². The average molecular weight is 301 g/mol. The predicted octanol–water partition coefficient (Wildman–Crippen LogP) is 2.86. The van der Waals surface area contributed by atoms with Crippen molar-refractivity contribution in [3.05, 3.63) is 33.3 Å². The molecule has 1 aromatic carbocycles. The number of nitro groups is 1. The van der Waals surface area contributed by atoms with Gasteiger partial charge in [-0.2, -0.15) is 0 Å². The summed E-state index contributed by atoms with van der Waals surface area (Å²) in [5.74, 6) is 0. The van der Waals surface area contributed by atoms with Gasteiger partial charge in [0.15, 0.2) is 0 Å². The van der Waals surface area contributed by atoms with Crippen LogP contribution in [0.2, 0.25) is 5.02 Å². The van der Waals surface area contributed by atoms with E-state index in [0.717, 1.165) is 19.4 Å². The molecule has 1 unspecified atom stereocenters. The Labute approximate surface area is 122 Å². The van der Waals surface area contributed by atoms with E-state index in [9.17, 15) is 10.1 Å². The number of nitro benzene ring substituents is 1. The van der Waals surface area contributed by atoms with Crippen LogP contribution in [-0.2, 0) is 9.47 Å². The Bertz CT molecular complexity index is 464. The highest BCUT2D eigenvalue weighted by Gasteiger charge is 2.16. The first-order chi connectivity index (χ1) is 9.66. The van der Waals surface area contributed by atoms with Gasteiger partial charge in [-0.3, -0.25) is 10.1 Å². The number of nitrogens with zero attached hydrogens (tertiary/aromatic N) is 1. The van der Waals surface area contributed by atoms with Crippen molar-refractivity contribution in [1.82, 2.24) is 0 Å². The summed E-state index contributed by atoms with van der Waals surface area (Å²) in [5, 5.41) is 14.2. The van der Waals surface area contributed by atoms with Crippen LogP contribution in [0.5, 0.6) is 0 Å². The number of halogens is 1. The molecule has 20 heavy (non-hydrogen) atoms. The van der Waals surface area contributed by atoms with Gasteiger partial charge in [0.1, 0.15) is 5.69 Å². The van der Waals surface area contributed by atoms with Gasteiger partial charge in [-0.05, 0) is 25.0 Å². The van der Waals surface area contributed by atoms with Gasteiger partial charge >= 0.3 is 0 Å². The Balaban J connectivity index is 1.74. The number of benzene rings is 1. The molecule has 1 saturated heterocycles. The molecule has 110 valence electrons. The fourth-order valence-corrected chi connectivity index (χ4v) is 2.22. The third kappa shape index (κ3) is 4.33. The minimum absolute atomic E-state index is 0.0309. The molecule has 2 rings (SSSR count). The fraction of sp³-hybridized carbons (Fsp3) is 0.538. The van der Waals surface area contributed by atoms with Crippen LogP contribution in [-0.4, -0.2) is 37.4 Å². The van der Waals surface area contributed by atoms with Crippen molar-refractivity contribution in [2.75, 3.05) is 31.7 Å². The number of hydrogen-bond acceptors (Lipinski definition) is 5. The highest BCUT2D eigenvalue weighted by Crippen LogP contribution is 2.27. The van der Waals surface area contributed by atoms with Crippen molar-refractivity contribution >= 4 is 23.0 Å². The zero-order valence-electron chi connectivity index (χ0n) is 11.0. The van der Waals surface area contributed by atoms with Gasteiger partial charge in [-0.25, -0.2) is 0 Å². The van der Waals surface area contributed by atoms with E-state index in [0.29, 0.717) is 30.5 Å². The van der Waals surface area contributed by atoms with Crippen LogP contribution < -0.4 is 5.32 Å². The summed E-state index contributed by atoms with van der Waals surface area (Å²) < 4.78 is 10.9. The second-order valence-electron chi connectivity index (χ2n) is 4.56. The zero-order chi connectivity index (χ0) is 14.4. The summed E-state index contributed by atoms with van der Waals surface area (Å²) >= 11 is 5.75. The molecule has 1 aliphatic rings. The molecule has 6 nitrogen and oxygen atoms in total. The number of ether oxygens (including phenoxy) is 2. The molecule has 0 aliphatic carbocycles. The second-order valence-corrected chi connectivity index (χ2v) is 4.99. The maximum absolute atomic E-state index is 10.9. The summed E-state index contributed by atoms with van der Waals surface area (Å²) in [7, 11) is 0. The van der Waals surface area contributed by atoms with Crippen LogP contribution in [0.4, 0.5) is 11.4 Å². The Morgan fingerprint density at radius 1 is 1.55 bits per heavy atom. The minimum Gasteiger partial charge on any atom is -0.377 e. The lowest BCUT2D eigenvalue weighted by Crippen LogP contribution is -2.18. The predicted molar refractivity (Wildman–Crippen MR) is 76.4 cm³/mol. The van der Waals surface area contributed by atoms with Crippen molar-refractivity contribution in [2.24, 2.45) is 0 Å². The summed E-state index contributed by atoms with van der Waals surface area (Å²) in [6, 6.07) is 4.54. The lowest BCUT2D eigenvalue weighted by atomic mass is 10.2.